The molecular formula is C21H25N2O4+. The zero-order valence-electron chi connectivity index (χ0n) is 15.7. The molecule has 2 N–H and O–H groups in total. The van der Waals surface area contributed by atoms with Crippen molar-refractivity contribution >= 4 is 17.6 Å². The zero-order valence-corrected chi connectivity index (χ0v) is 15.7. The zero-order chi connectivity index (χ0) is 18.8. The average molecular weight is 369 g/mol. The lowest BCUT2D eigenvalue weighted by molar-refractivity contribution is -0.925. The van der Waals surface area contributed by atoms with Crippen LogP contribution in [0.4, 0.5) is 5.69 Å². The number of quaternary nitrogens is 1. The van der Waals surface area contributed by atoms with Crippen LogP contribution in [0.15, 0.2) is 36.1 Å². The number of hydrogen-bond acceptors (Lipinski definition) is 4. The van der Waals surface area contributed by atoms with Gasteiger partial charge in [0.05, 0.1) is 38.0 Å². The highest BCUT2D eigenvalue weighted by Gasteiger charge is 2.64. The van der Waals surface area contributed by atoms with Gasteiger partial charge < -0.3 is 19.7 Å². The van der Waals surface area contributed by atoms with Crippen molar-refractivity contribution in [2.75, 3.05) is 25.5 Å². The van der Waals surface area contributed by atoms with E-state index in [0.29, 0.717) is 5.57 Å². The summed E-state index contributed by atoms with van der Waals surface area (Å²) in [6, 6.07) is 8.22. The van der Waals surface area contributed by atoms with Gasteiger partial charge in [0.1, 0.15) is 17.6 Å². The summed E-state index contributed by atoms with van der Waals surface area (Å²) >= 11 is 0. The number of carbonyl (C=O) groups excluding carboxylic acids is 2. The highest BCUT2D eigenvalue weighted by molar-refractivity contribution is 6.07. The van der Waals surface area contributed by atoms with Crippen LogP contribution in [-0.2, 0) is 24.5 Å². The van der Waals surface area contributed by atoms with Crippen molar-refractivity contribution in [1.82, 2.24) is 0 Å². The molecule has 0 radical (unpaired) electrons. The Balaban J connectivity index is 1.55. The van der Waals surface area contributed by atoms with Crippen LogP contribution >= 0.6 is 0 Å². The van der Waals surface area contributed by atoms with E-state index in [2.05, 4.69) is 18.3 Å². The largest absolute Gasteiger partial charge is 0.497 e. The quantitative estimate of drug-likeness (QED) is 0.713. The molecule has 142 valence electrons. The van der Waals surface area contributed by atoms with Gasteiger partial charge in [0.25, 0.3) is 0 Å². The minimum Gasteiger partial charge on any atom is -0.497 e. The van der Waals surface area contributed by atoms with Crippen molar-refractivity contribution in [3.8, 4) is 0 Å². The van der Waals surface area contributed by atoms with Gasteiger partial charge in [-0.2, -0.15) is 0 Å². The van der Waals surface area contributed by atoms with Crippen LogP contribution < -0.4 is 10.2 Å². The molecule has 1 amide bonds. The van der Waals surface area contributed by atoms with Crippen LogP contribution in [0.2, 0.25) is 0 Å². The van der Waals surface area contributed by atoms with Crippen molar-refractivity contribution in [3.05, 3.63) is 41.7 Å². The monoisotopic (exact) mass is 369 g/mol. The molecular weight excluding hydrogens is 344 g/mol. The Labute approximate surface area is 158 Å². The second-order valence-corrected chi connectivity index (χ2v) is 8.30. The molecule has 0 bridgehead atoms. The molecule has 2 saturated heterocycles. The molecule has 4 aliphatic heterocycles. The third-order valence-electron chi connectivity index (χ3n) is 7.33. The lowest BCUT2D eigenvalue weighted by Crippen LogP contribution is -3.17. The van der Waals surface area contributed by atoms with Crippen LogP contribution in [-0.4, -0.2) is 44.2 Å². The number of para-hydroxylation sites is 1. The summed E-state index contributed by atoms with van der Waals surface area (Å²) in [5.41, 5.74) is 2.19. The first-order chi connectivity index (χ1) is 13.1. The average Bonchev–Trinajstić information content (AvgIpc) is 3.20. The first kappa shape index (κ1) is 16.8. The number of piperidine rings is 1. The molecule has 27 heavy (non-hydrogen) atoms. The Bertz CT molecular complexity index is 850. The fraction of sp³-hybridized carbons (Fsp3) is 0.524. The van der Waals surface area contributed by atoms with Gasteiger partial charge in [-0.25, -0.2) is 4.79 Å². The molecule has 1 unspecified atom stereocenters. The standard InChI is InChI=1S/C21H24N2O4/c1-12-14-10-23-8-7-21(16-5-3-4-6-17(16)22-20(21)25)18(23)9-13(14)15(11-27-12)19(24)26-2/h3-6,11-14,18H,7-10H2,1-2H3,(H,22,25)/p+1/t12-,13+,14-,18+,21-/m1/s1. The minimum absolute atomic E-state index is 0.0677. The Morgan fingerprint density at radius 1 is 1.37 bits per heavy atom. The Morgan fingerprint density at radius 3 is 3.00 bits per heavy atom. The van der Waals surface area contributed by atoms with E-state index in [1.54, 1.807) is 6.26 Å². The summed E-state index contributed by atoms with van der Waals surface area (Å²) < 4.78 is 10.8. The third-order valence-corrected chi connectivity index (χ3v) is 7.33. The Morgan fingerprint density at radius 2 is 2.19 bits per heavy atom. The molecule has 6 heteroatoms. The van der Waals surface area contributed by atoms with Gasteiger partial charge in [0.15, 0.2) is 0 Å². The first-order valence-electron chi connectivity index (χ1n) is 9.75. The third kappa shape index (κ3) is 2.16. The number of esters is 1. The fourth-order valence-corrected chi connectivity index (χ4v) is 6.01. The van der Waals surface area contributed by atoms with Crippen molar-refractivity contribution in [1.29, 1.82) is 0 Å². The number of nitrogens with one attached hydrogen (secondary N) is 2. The molecule has 1 aromatic rings. The highest BCUT2D eigenvalue weighted by Crippen LogP contribution is 2.48. The van der Waals surface area contributed by atoms with Gasteiger partial charge >= 0.3 is 5.97 Å². The van der Waals surface area contributed by atoms with Crippen LogP contribution in [0.3, 0.4) is 0 Å². The highest BCUT2D eigenvalue weighted by atomic mass is 16.5. The van der Waals surface area contributed by atoms with Crippen molar-refractivity contribution in [2.24, 2.45) is 11.8 Å². The molecule has 1 aromatic carbocycles. The lowest BCUT2D eigenvalue weighted by atomic mass is 9.66. The van der Waals surface area contributed by atoms with E-state index in [9.17, 15) is 9.59 Å². The number of rotatable bonds is 1. The second-order valence-electron chi connectivity index (χ2n) is 8.30. The number of hydrogen-bond donors (Lipinski definition) is 2. The number of anilines is 1. The number of amides is 1. The normalized spacial score (nSPS) is 39.0. The first-order valence-corrected chi connectivity index (χ1v) is 9.75. The number of benzene rings is 1. The lowest BCUT2D eigenvalue weighted by Gasteiger charge is -2.45. The molecule has 4 aliphatic rings. The minimum atomic E-state index is -0.486. The van der Waals surface area contributed by atoms with E-state index in [-0.39, 0.29) is 35.9 Å². The van der Waals surface area contributed by atoms with Crippen molar-refractivity contribution in [2.45, 2.75) is 37.3 Å². The molecule has 0 saturated carbocycles. The maximum Gasteiger partial charge on any atom is 0.337 e. The number of fused-ring (bicyclic) bond motifs is 5. The van der Waals surface area contributed by atoms with Crippen molar-refractivity contribution < 1.29 is 24.0 Å². The maximum atomic E-state index is 13.2. The maximum absolute atomic E-state index is 13.2. The van der Waals surface area contributed by atoms with E-state index in [0.717, 1.165) is 37.2 Å². The summed E-state index contributed by atoms with van der Waals surface area (Å²) in [4.78, 5) is 27.0. The second kappa shape index (κ2) is 5.83. The molecule has 6 atom stereocenters. The molecule has 1 spiro atoms. The molecule has 5 rings (SSSR count). The van der Waals surface area contributed by atoms with Crippen LogP contribution in [0, 0.1) is 11.8 Å². The molecule has 2 fully saturated rings. The Kier molecular flexibility index (Phi) is 3.63. The SMILES string of the molecule is COC(=O)C1=CO[C@H](C)[C@H]2C[NH+]3CC[C@]4(C(=O)Nc5ccccc54)[C@@H]3C[C@H]12. The number of carbonyl (C=O) groups is 2. The van der Waals surface area contributed by atoms with E-state index in [1.165, 1.54) is 12.0 Å². The van der Waals surface area contributed by atoms with Gasteiger partial charge in [-0.05, 0) is 18.6 Å². The van der Waals surface area contributed by atoms with Gasteiger partial charge in [-0.3, -0.25) is 4.79 Å². The van der Waals surface area contributed by atoms with Gasteiger partial charge in [-0.15, -0.1) is 0 Å². The number of ether oxygens (including phenoxy) is 2. The Hall–Kier alpha value is -2.34. The van der Waals surface area contributed by atoms with E-state index >= 15 is 0 Å². The molecule has 6 nitrogen and oxygen atoms in total. The molecule has 0 aromatic heterocycles. The van der Waals surface area contributed by atoms with Gasteiger partial charge in [-0.1, -0.05) is 18.2 Å². The van der Waals surface area contributed by atoms with Crippen molar-refractivity contribution in [3.63, 3.8) is 0 Å². The predicted octanol–water partition coefficient (Wildman–Crippen LogP) is 0.645. The topological polar surface area (TPSA) is 69.1 Å². The van der Waals surface area contributed by atoms with Crippen LogP contribution in [0.5, 0.6) is 0 Å². The van der Waals surface area contributed by atoms with Gasteiger partial charge in [0.2, 0.25) is 5.91 Å². The van der Waals surface area contributed by atoms with Crippen LogP contribution in [0.25, 0.3) is 0 Å². The molecule has 4 heterocycles. The van der Waals surface area contributed by atoms with Gasteiger partial charge in [0, 0.05) is 24.4 Å². The smallest absolute Gasteiger partial charge is 0.337 e. The fourth-order valence-electron chi connectivity index (χ4n) is 6.01. The summed E-state index contributed by atoms with van der Waals surface area (Å²) in [6.45, 7) is 3.97. The summed E-state index contributed by atoms with van der Waals surface area (Å²) in [5, 5.41) is 3.11. The van der Waals surface area contributed by atoms with E-state index < -0.39 is 5.41 Å². The summed E-state index contributed by atoms with van der Waals surface area (Å²) in [6.07, 6.45) is 3.31. The number of methoxy groups -OCH3 is 1. The van der Waals surface area contributed by atoms with E-state index in [1.807, 2.05) is 18.2 Å². The predicted molar refractivity (Wildman–Crippen MR) is 98.1 cm³/mol. The molecule has 0 aliphatic carbocycles. The summed E-state index contributed by atoms with van der Waals surface area (Å²) in [7, 11) is 1.41. The van der Waals surface area contributed by atoms with Crippen LogP contribution in [0.1, 0.15) is 25.3 Å². The van der Waals surface area contributed by atoms with E-state index in [4.69, 9.17) is 9.47 Å². The summed E-state index contributed by atoms with van der Waals surface area (Å²) in [5.74, 6) is 0.144.